The molecule has 2 fully saturated rings. The van der Waals surface area contributed by atoms with Crippen molar-refractivity contribution in [3.8, 4) is 17.1 Å². The summed E-state index contributed by atoms with van der Waals surface area (Å²) in [5, 5.41) is 13.1. The SMILES string of the molecule is Cc1cccc(C)c1-c1cc(OC[C@@H]2NC(c3cnc4cc(C5(C(F)(F)F)CC5)n(C)c4n3)CCC[C@H]2OC(C)C)nc(NS(=O)(=O)c2cccc(C(=O)O)c2)n1. The standard InChI is InChI=1S/C40H44F3N7O6S/c1-22(2)56-32-14-8-13-27(30-20-44-29-18-33(50(5)36(29)46-30)39(15-16-39)40(41,42)43)45-31(32)21-55-34-19-28(35-23(3)9-6-10-24(35)4)47-38(48-34)49-57(53,54)26-12-7-11-25(17-26)37(51)52/h6-7,9-12,17-20,22,27,31-32,45H,8,13-16,21H2,1-5H3,(H,51,52)(H,47,48,49)/t27?,31-,32+/m0/s1. The molecule has 13 nitrogen and oxygen atoms in total. The lowest BCUT2D eigenvalue weighted by Crippen LogP contribution is -2.46. The fourth-order valence-electron chi connectivity index (χ4n) is 7.64. The Hall–Kier alpha value is -5.13. The highest BCUT2D eigenvalue weighted by Gasteiger charge is 2.65. The zero-order valence-electron chi connectivity index (χ0n) is 32.1. The molecule has 57 heavy (non-hydrogen) atoms. The van der Waals surface area contributed by atoms with Crippen LogP contribution in [-0.2, 0) is 27.2 Å². The van der Waals surface area contributed by atoms with Crippen LogP contribution in [0.4, 0.5) is 19.1 Å². The number of ether oxygens (including phenoxy) is 2. The molecule has 17 heteroatoms. The first-order chi connectivity index (χ1) is 27.0. The molecule has 1 aliphatic heterocycles. The molecule has 1 saturated heterocycles. The second-order valence-corrected chi connectivity index (χ2v) is 16.8. The fraction of sp³-hybridized carbons (Fsp3) is 0.425. The molecule has 3 N–H and O–H groups in total. The summed E-state index contributed by atoms with van der Waals surface area (Å²) >= 11 is 0. The number of hydrogen-bond acceptors (Lipinski definition) is 10. The van der Waals surface area contributed by atoms with Crippen molar-refractivity contribution in [1.29, 1.82) is 0 Å². The van der Waals surface area contributed by atoms with Gasteiger partial charge in [-0.15, -0.1) is 0 Å². The average Bonchev–Trinajstić information content (AvgIpc) is 3.93. The van der Waals surface area contributed by atoms with Crippen LogP contribution in [0.15, 0.2) is 65.7 Å². The zero-order valence-corrected chi connectivity index (χ0v) is 32.9. The second-order valence-electron chi connectivity index (χ2n) is 15.1. The molecule has 302 valence electrons. The van der Waals surface area contributed by atoms with Crippen LogP contribution in [0, 0.1) is 13.8 Å². The third kappa shape index (κ3) is 8.18. The number of rotatable bonds is 12. The molecule has 0 amide bonds. The predicted molar refractivity (Wildman–Crippen MR) is 206 cm³/mol. The smallest absolute Gasteiger partial charge is 0.399 e. The molecule has 3 aromatic heterocycles. The van der Waals surface area contributed by atoms with E-state index in [1.807, 2.05) is 45.9 Å². The minimum Gasteiger partial charge on any atom is -0.478 e. The Morgan fingerprint density at radius 1 is 1.05 bits per heavy atom. The van der Waals surface area contributed by atoms with E-state index in [9.17, 15) is 31.5 Å². The monoisotopic (exact) mass is 807 g/mol. The van der Waals surface area contributed by atoms with Crippen LogP contribution >= 0.6 is 0 Å². The van der Waals surface area contributed by atoms with Crippen molar-refractivity contribution < 1.29 is 41.0 Å². The van der Waals surface area contributed by atoms with Gasteiger partial charge in [-0.1, -0.05) is 24.3 Å². The summed E-state index contributed by atoms with van der Waals surface area (Å²) in [7, 11) is -2.73. The first-order valence-electron chi connectivity index (χ1n) is 18.7. The average molecular weight is 808 g/mol. The van der Waals surface area contributed by atoms with Gasteiger partial charge in [0.1, 0.15) is 17.5 Å². The normalized spacial score (nSPS) is 19.7. The van der Waals surface area contributed by atoms with Crippen LogP contribution in [0.25, 0.3) is 22.4 Å². The number of anilines is 1. The number of aromatic nitrogens is 5. The maximum absolute atomic E-state index is 14.1. The Bertz CT molecular complexity index is 2410. The first kappa shape index (κ1) is 40.1. The lowest BCUT2D eigenvalue weighted by atomic mass is 10.00. The molecule has 5 aromatic rings. The van der Waals surface area contributed by atoms with Gasteiger partial charge in [0.25, 0.3) is 10.0 Å². The number of hydrogen-bond donors (Lipinski definition) is 3. The van der Waals surface area contributed by atoms with Gasteiger partial charge in [-0.05, 0) is 95.2 Å². The molecular weight excluding hydrogens is 764 g/mol. The minimum atomic E-state index is -4.37. The topological polar surface area (TPSA) is 170 Å². The maximum Gasteiger partial charge on any atom is 0.399 e. The Labute approximate surface area is 328 Å². The predicted octanol–water partition coefficient (Wildman–Crippen LogP) is 7.19. The van der Waals surface area contributed by atoms with Crippen molar-refractivity contribution in [3.63, 3.8) is 0 Å². The Morgan fingerprint density at radius 3 is 2.44 bits per heavy atom. The third-order valence-electron chi connectivity index (χ3n) is 10.7. The molecule has 0 spiro atoms. The van der Waals surface area contributed by atoms with Crippen LogP contribution in [-0.4, -0.2) is 75.0 Å². The van der Waals surface area contributed by atoms with Gasteiger partial charge in [0, 0.05) is 24.4 Å². The Morgan fingerprint density at radius 2 is 1.77 bits per heavy atom. The van der Waals surface area contributed by atoms with E-state index >= 15 is 0 Å². The molecule has 1 aliphatic carbocycles. The number of benzene rings is 2. The van der Waals surface area contributed by atoms with E-state index in [-0.39, 0.29) is 65.7 Å². The molecule has 1 unspecified atom stereocenters. The van der Waals surface area contributed by atoms with E-state index in [4.69, 9.17) is 14.5 Å². The quantitative estimate of drug-likeness (QED) is 0.117. The molecule has 7 rings (SSSR count). The number of fused-ring (bicyclic) bond motifs is 1. The number of aromatic carboxylic acids is 1. The largest absolute Gasteiger partial charge is 0.478 e. The van der Waals surface area contributed by atoms with Gasteiger partial charge < -0.3 is 24.5 Å². The van der Waals surface area contributed by atoms with Crippen LogP contribution in [0.5, 0.6) is 5.88 Å². The number of carbonyl (C=O) groups is 1. The van der Waals surface area contributed by atoms with Crippen molar-refractivity contribution in [1.82, 2.24) is 29.8 Å². The molecule has 2 aromatic carbocycles. The van der Waals surface area contributed by atoms with Gasteiger partial charge in [0.05, 0.1) is 52.3 Å². The Balaban J connectivity index is 1.19. The van der Waals surface area contributed by atoms with Crippen molar-refractivity contribution in [3.05, 3.63) is 88.9 Å². The summed E-state index contributed by atoms with van der Waals surface area (Å²) in [6.45, 7) is 7.72. The number of sulfonamides is 1. The van der Waals surface area contributed by atoms with Crippen LogP contribution < -0.4 is 14.8 Å². The molecule has 1 saturated carbocycles. The number of carboxylic acid groups (broad SMARTS) is 1. The van der Waals surface area contributed by atoms with E-state index in [1.54, 1.807) is 19.3 Å². The van der Waals surface area contributed by atoms with Gasteiger partial charge in [0.15, 0.2) is 5.65 Å². The second kappa shape index (κ2) is 15.3. The highest BCUT2D eigenvalue weighted by molar-refractivity contribution is 7.92. The summed E-state index contributed by atoms with van der Waals surface area (Å²) in [6.07, 6.45) is -1.07. The first-order valence-corrected chi connectivity index (χ1v) is 20.2. The number of alkyl halides is 3. The van der Waals surface area contributed by atoms with Crippen LogP contribution in [0.2, 0.25) is 0 Å². The van der Waals surface area contributed by atoms with Crippen molar-refractivity contribution in [2.45, 2.75) is 101 Å². The molecule has 0 radical (unpaired) electrons. The van der Waals surface area contributed by atoms with Crippen molar-refractivity contribution in [2.24, 2.45) is 7.05 Å². The highest BCUT2D eigenvalue weighted by Crippen LogP contribution is 2.59. The molecule has 0 bridgehead atoms. The molecule has 2 aliphatic rings. The molecule has 3 atom stereocenters. The summed E-state index contributed by atoms with van der Waals surface area (Å²) < 4.78 is 85.9. The maximum atomic E-state index is 14.1. The van der Waals surface area contributed by atoms with Gasteiger partial charge in [-0.3, -0.25) is 4.98 Å². The van der Waals surface area contributed by atoms with E-state index in [1.165, 1.54) is 28.8 Å². The number of nitrogens with zero attached hydrogens (tertiary/aromatic N) is 5. The number of nitrogens with one attached hydrogen (secondary N) is 2. The van der Waals surface area contributed by atoms with Gasteiger partial charge >= 0.3 is 12.1 Å². The number of aryl methyl sites for hydroxylation is 3. The highest BCUT2D eigenvalue weighted by atomic mass is 32.2. The summed E-state index contributed by atoms with van der Waals surface area (Å²) in [5.74, 6) is -1.49. The third-order valence-corrected chi connectivity index (χ3v) is 12.0. The fourth-order valence-corrected chi connectivity index (χ4v) is 8.63. The number of carboxylic acids is 1. The van der Waals surface area contributed by atoms with Gasteiger partial charge in [-0.25, -0.2) is 27.9 Å². The van der Waals surface area contributed by atoms with Crippen molar-refractivity contribution >= 4 is 33.1 Å². The van der Waals surface area contributed by atoms with Crippen LogP contribution in [0.1, 0.15) is 84.9 Å². The van der Waals surface area contributed by atoms with Gasteiger partial charge in [-0.2, -0.15) is 18.2 Å². The zero-order chi connectivity index (χ0) is 40.9. The summed E-state index contributed by atoms with van der Waals surface area (Å²) in [5.41, 5.74) is 2.35. The van der Waals surface area contributed by atoms with Crippen molar-refractivity contribution in [2.75, 3.05) is 11.3 Å². The van der Waals surface area contributed by atoms with Crippen LogP contribution in [0.3, 0.4) is 0 Å². The van der Waals surface area contributed by atoms with E-state index in [0.717, 1.165) is 29.2 Å². The van der Waals surface area contributed by atoms with Gasteiger partial charge in [0.2, 0.25) is 11.8 Å². The minimum absolute atomic E-state index is 0.0298. The Kier molecular flexibility index (Phi) is 10.8. The molecule has 4 heterocycles. The van der Waals surface area contributed by atoms with E-state index in [2.05, 4.69) is 25.0 Å². The summed E-state index contributed by atoms with van der Waals surface area (Å²) in [4.78, 5) is 29.7. The number of halogens is 3. The molecular formula is C40H44F3N7O6S. The lowest BCUT2D eigenvalue weighted by Gasteiger charge is -2.29. The van der Waals surface area contributed by atoms with E-state index < -0.39 is 33.6 Å². The lowest BCUT2D eigenvalue weighted by molar-refractivity contribution is -0.162. The van der Waals surface area contributed by atoms with E-state index in [0.29, 0.717) is 35.4 Å². The summed E-state index contributed by atoms with van der Waals surface area (Å²) in [6, 6.07) is 13.0.